The van der Waals surface area contributed by atoms with Gasteiger partial charge in [-0.15, -0.1) is 11.8 Å². The van der Waals surface area contributed by atoms with Crippen LogP contribution in [0.15, 0.2) is 47.4 Å². The standard InChI is InChI=1S/C17H15NOS/c1-12-3-8-17(13(2)9-12)20-11-16(19)15-6-4-14(10-18)5-7-15/h3-9H,11H2,1-2H3. The van der Waals surface area contributed by atoms with E-state index in [1.165, 1.54) is 11.1 Å². The third-order valence-electron chi connectivity index (χ3n) is 3.03. The van der Waals surface area contributed by atoms with Crippen molar-refractivity contribution < 1.29 is 4.79 Å². The molecule has 0 saturated heterocycles. The molecule has 0 atom stereocenters. The molecule has 0 aliphatic carbocycles. The lowest BCUT2D eigenvalue weighted by Crippen LogP contribution is -2.02. The summed E-state index contributed by atoms with van der Waals surface area (Å²) < 4.78 is 0. The predicted molar refractivity (Wildman–Crippen MR) is 82.1 cm³/mol. The summed E-state index contributed by atoms with van der Waals surface area (Å²) in [5, 5.41) is 8.73. The Hall–Kier alpha value is -2.05. The number of hydrogen-bond donors (Lipinski definition) is 0. The molecule has 0 N–H and O–H groups in total. The number of hydrogen-bond acceptors (Lipinski definition) is 3. The maximum atomic E-state index is 12.1. The number of benzene rings is 2. The minimum Gasteiger partial charge on any atom is -0.293 e. The molecule has 20 heavy (non-hydrogen) atoms. The quantitative estimate of drug-likeness (QED) is 0.624. The molecule has 0 radical (unpaired) electrons. The Morgan fingerprint density at radius 3 is 2.45 bits per heavy atom. The van der Waals surface area contributed by atoms with Gasteiger partial charge in [-0.25, -0.2) is 0 Å². The first-order chi connectivity index (χ1) is 9.60. The van der Waals surface area contributed by atoms with Gasteiger partial charge in [0, 0.05) is 10.5 Å². The van der Waals surface area contributed by atoms with E-state index in [1.807, 2.05) is 6.07 Å². The summed E-state index contributed by atoms with van der Waals surface area (Å²) in [4.78, 5) is 13.2. The first-order valence-corrected chi connectivity index (χ1v) is 7.32. The summed E-state index contributed by atoms with van der Waals surface area (Å²) in [6, 6.07) is 15.1. The molecule has 0 aliphatic rings. The van der Waals surface area contributed by atoms with E-state index in [1.54, 1.807) is 36.0 Å². The van der Waals surface area contributed by atoms with Gasteiger partial charge < -0.3 is 0 Å². The number of rotatable bonds is 4. The highest BCUT2D eigenvalue weighted by Gasteiger charge is 2.08. The summed E-state index contributed by atoms with van der Waals surface area (Å²) in [5.74, 6) is 0.495. The Kier molecular flexibility index (Phi) is 4.60. The zero-order valence-electron chi connectivity index (χ0n) is 11.5. The second-order valence-electron chi connectivity index (χ2n) is 4.67. The van der Waals surface area contributed by atoms with Crippen LogP contribution in [-0.2, 0) is 0 Å². The average molecular weight is 281 g/mol. The van der Waals surface area contributed by atoms with Crippen molar-refractivity contribution in [1.82, 2.24) is 0 Å². The van der Waals surface area contributed by atoms with Crippen molar-refractivity contribution >= 4 is 17.5 Å². The normalized spacial score (nSPS) is 10.1. The van der Waals surface area contributed by atoms with Crippen LogP contribution in [0.2, 0.25) is 0 Å². The van der Waals surface area contributed by atoms with Crippen LogP contribution in [-0.4, -0.2) is 11.5 Å². The summed E-state index contributed by atoms with van der Waals surface area (Å²) in [5.41, 5.74) is 3.65. The van der Waals surface area contributed by atoms with E-state index in [0.29, 0.717) is 16.9 Å². The van der Waals surface area contributed by atoms with Crippen LogP contribution in [0.5, 0.6) is 0 Å². The number of Topliss-reactive ketones (excluding diaryl/α,β-unsaturated/α-hetero) is 1. The Labute approximate surface area is 123 Å². The molecular weight excluding hydrogens is 266 g/mol. The van der Waals surface area contributed by atoms with E-state index in [9.17, 15) is 4.79 Å². The summed E-state index contributed by atoms with van der Waals surface area (Å²) >= 11 is 1.55. The molecule has 2 rings (SSSR count). The molecule has 2 aromatic carbocycles. The molecule has 0 bridgehead atoms. The zero-order chi connectivity index (χ0) is 14.5. The lowest BCUT2D eigenvalue weighted by molar-refractivity contribution is 0.102. The minimum atomic E-state index is 0.0828. The largest absolute Gasteiger partial charge is 0.293 e. The second-order valence-corrected chi connectivity index (χ2v) is 5.69. The highest BCUT2D eigenvalue weighted by molar-refractivity contribution is 8.00. The van der Waals surface area contributed by atoms with Crippen molar-refractivity contribution in [2.45, 2.75) is 18.7 Å². The molecule has 0 amide bonds. The minimum absolute atomic E-state index is 0.0828. The monoisotopic (exact) mass is 281 g/mol. The molecule has 2 aromatic rings. The summed E-state index contributed by atoms with van der Waals surface area (Å²) in [6.07, 6.45) is 0. The first-order valence-electron chi connectivity index (χ1n) is 6.33. The number of carbonyl (C=O) groups excluding carboxylic acids is 1. The maximum Gasteiger partial charge on any atom is 0.173 e. The van der Waals surface area contributed by atoms with Gasteiger partial charge in [0.25, 0.3) is 0 Å². The molecule has 0 aromatic heterocycles. The average Bonchev–Trinajstić information content (AvgIpc) is 2.46. The van der Waals surface area contributed by atoms with E-state index in [-0.39, 0.29) is 5.78 Å². The lowest BCUT2D eigenvalue weighted by Gasteiger charge is -2.06. The number of thioether (sulfide) groups is 1. The number of aryl methyl sites for hydroxylation is 2. The van der Waals surface area contributed by atoms with Crippen molar-refractivity contribution in [3.63, 3.8) is 0 Å². The van der Waals surface area contributed by atoms with Gasteiger partial charge in [0.05, 0.1) is 17.4 Å². The SMILES string of the molecule is Cc1ccc(SCC(=O)c2ccc(C#N)cc2)c(C)c1. The van der Waals surface area contributed by atoms with Crippen molar-refractivity contribution in [2.24, 2.45) is 0 Å². The van der Waals surface area contributed by atoms with Crippen LogP contribution in [0.25, 0.3) is 0 Å². The zero-order valence-corrected chi connectivity index (χ0v) is 12.3. The highest BCUT2D eigenvalue weighted by atomic mass is 32.2. The predicted octanol–water partition coefficient (Wildman–Crippen LogP) is 4.15. The fourth-order valence-corrected chi connectivity index (χ4v) is 2.82. The smallest absolute Gasteiger partial charge is 0.173 e. The van der Waals surface area contributed by atoms with Gasteiger partial charge in [-0.05, 0) is 37.6 Å². The third-order valence-corrected chi connectivity index (χ3v) is 4.20. The topological polar surface area (TPSA) is 40.9 Å². The fourth-order valence-electron chi connectivity index (χ4n) is 1.92. The molecular formula is C17H15NOS. The van der Waals surface area contributed by atoms with Crippen LogP contribution in [0.1, 0.15) is 27.0 Å². The Morgan fingerprint density at radius 1 is 1.15 bits per heavy atom. The molecule has 0 unspecified atom stereocenters. The van der Waals surface area contributed by atoms with Gasteiger partial charge in [0.1, 0.15) is 0 Å². The summed E-state index contributed by atoms with van der Waals surface area (Å²) in [6.45, 7) is 4.12. The van der Waals surface area contributed by atoms with Gasteiger partial charge in [0.2, 0.25) is 0 Å². The molecule has 0 saturated carbocycles. The number of ketones is 1. The van der Waals surface area contributed by atoms with Gasteiger partial charge in [-0.1, -0.05) is 29.8 Å². The van der Waals surface area contributed by atoms with Crippen molar-refractivity contribution in [3.05, 3.63) is 64.7 Å². The molecule has 2 nitrogen and oxygen atoms in total. The van der Waals surface area contributed by atoms with Crippen LogP contribution >= 0.6 is 11.8 Å². The first kappa shape index (κ1) is 14.4. The van der Waals surface area contributed by atoms with Gasteiger partial charge in [-0.3, -0.25) is 4.79 Å². The lowest BCUT2D eigenvalue weighted by atomic mass is 10.1. The Bertz CT molecular complexity index is 668. The van der Waals surface area contributed by atoms with Crippen molar-refractivity contribution in [3.8, 4) is 6.07 Å². The van der Waals surface area contributed by atoms with Crippen molar-refractivity contribution in [2.75, 3.05) is 5.75 Å². The van der Waals surface area contributed by atoms with Crippen LogP contribution in [0, 0.1) is 25.2 Å². The van der Waals surface area contributed by atoms with Crippen LogP contribution in [0.4, 0.5) is 0 Å². The van der Waals surface area contributed by atoms with Gasteiger partial charge in [0.15, 0.2) is 5.78 Å². The molecule has 3 heteroatoms. The molecule has 0 spiro atoms. The second kappa shape index (κ2) is 6.40. The molecule has 0 heterocycles. The van der Waals surface area contributed by atoms with Gasteiger partial charge in [-0.2, -0.15) is 5.26 Å². The molecule has 100 valence electrons. The molecule has 0 fully saturated rings. The number of nitrogens with zero attached hydrogens (tertiary/aromatic N) is 1. The number of nitriles is 1. The van der Waals surface area contributed by atoms with E-state index in [2.05, 4.69) is 32.0 Å². The summed E-state index contributed by atoms with van der Waals surface area (Å²) in [7, 11) is 0. The Morgan fingerprint density at radius 2 is 1.85 bits per heavy atom. The number of carbonyl (C=O) groups is 1. The third kappa shape index (κ3) is 3.49. The Balaban J connectivity index is 2.03. The van der Waals surface area contributed by atoms with Crippen LogP contribution < -0.4 is 0 Å². The molecule has 0 aliphatic heterocycles. The fraction of sp³-hybridized carbons (Fsp3) is 0.176. The van der Waals surface area contributed by atoms with E-state index >= 15 is 0 Å². The van der Waals surface area contributed by atoms with Gasteiger partial charge >= 0.3 is 0 Å². The van der Waals surface area contributed by atoms with E-state index in [0.717, 1.165) is 4.90 Å². The van der Waals surface area contributed by atoms with E-state index in [4.69, 9.17) is 5.26 Å². The van der Waals surface area contributed by atoms with Crippen molar-refractivity contribution in [1.29, 1.82) is 5.26 Å². The highest BCUT2D eigenvalue weighted by Crippen LogP contribution is 2.24. The van der Waals surface area contributed by atoms with E-state index < -0.39 is 0 Å². The maximum absolute atomic E-state index is 12.1. The van der Waals surface area contributed by atoms with Crippen LogP contribution in [0.3, 0.4) is 0 Å².